The van der Waals surface area contributed by atoms with Crippen molar-refractivity contribution in [2.45, 2.75) is 69.1 Å². The lowest BCUT2D eigenvalue weighted by molar-refractivity contribution is -0.131. The molecule has 8 rings (SSSR count). The molecular formula is C33H34O3. The fraction of sp³-hybridized carbons (Fsp3) is 0.455. The summed E-state index contributed by atoms with van der Waals surface area (Å²) in [7, 11) is 1.81. The average Bonchev–Trinajstić information content (AvgIpc) is 2.87. The number of hydrogen-bond donors (Lipinski definition) is 0. The number of carbonyl (C=O) groups excluding carboxylic acids is 2. The number of fused-ring (bicyclic) bond motifs is 1. The van der Waals surface area contributed by atoms with Gasteiger partial charge < -0.3 is 4.74 Å². The van der Waals surface area contributed by atoms with E-state index in [1.54, 1.807) is 0 Å². The van der Waals surface area contributed by atoms with Gasteiger partial charge in [-0.2, -0.15) is 0 Å². The van der Waals surface area contributed by atoms with E-state index in [1.807, 2.05) is 19.2 Å². The van der Waals surface area contributed by atoms with Crippen LogP contribution in [-0.2, 0) is 15.0 Å². The highest BCUT2D eigenvalue weighted by molar-refractivity contribution is 6.10. The van der Waals surface area contributed by atoms with Gasteiger partial charge >= 0.3 is 0 Å². The predicted octanol–water partition coefficient (Wildman–Crippen LogP) is 7.39. The molecule has 4 bridgehead atoms. The van der Waals surface area contributed by atoms with Crippen molar-refractivity contribution in [3.8, 4) is 16.9 Å². The normalized spacial score (nSPS) is 29.8. The predicted molar refractivity (Wildman–Crippen MR) is 142 cm³/mol. The summed E-state index contributed by atoms with van der Waals surface area (Å²) in [6.07, 6.45) is 9.98. The fourth-order valence-corrected chi connectivity index (χ4v) is 8.64. The second-order valence-electron chi connectivity index (χ2n) is 12.2. The van der Waals surface area contributed by atoms with Crippen LogP contribution in [-0.4, -0.2) is 18.7 Å². The van der Waals surface area contributed by atoms with Crippen LogP contribution in [0.2, 0.25) is 0 Å². The summed E-state index contributed by atoms with van der Waals surface area (Å²) in [5.41, 5.74) is 4.99. The molecule has 3 nitrogen and oxygen atoms in total. The zero-order chi connectivity index (χ0) is 24.4. The van der Waals surface area contributed by atoms with Crippen molar-refractivity contribution < 1.29 is 14.3 Å². The maximum absolute atomic E-state index is 12.5. The van der Waals surface area contributed by atoms with Crippen molar-refractivity contribution in [1.82, 2.24) is 0 Å². The molecule has 0 atom stereocenters. The number of benzene rings is 3. The van der Waals surface area contributed by atoms with Gasteiger partial charge in [0.25, 0.3) is 0 Å². The number of rotatable bonds is 4. The molecule has 5 aliphatic carbocycles. The van der Waals surface area contributed by atoms with E-state index in [4.69, 9.17) is 4.74 Å². The van der Waals surface area contributed by atoms with E-state index in [-0.39, 0.29) is 17.0 Å². The molecule has 3 aromatic carbocycles. The van der Waals surface area contributed by atoms with Crippen LogP contribution in [0.15, 0.2) is 54.6 Å². The lowest BCUT2D eigenvalue weighted by Gasteiger charge is -2.57. The second-order valence-corrected chi connectivity index (χ2v) is 12.2. The van der Waals surface area contributed by atoms with E-state index in [0.29, 0.717) is 19.3 Å². The van der Waals surface area contributed by atoms with E-state index in [0.717, 1.165) is 39.8 Å². The smallest absolute Gasteiger partial charge is 0.147 e. The van der Waals surface area contributed by atoms with Gasteiger partial charge in [-0.15, -0.1) is 0 Å². The van der Waals surface area contributed by atoms with Crippen molar-refractivity contribution in [1.29, 1.82) is 0 Å². The van der Waals surface area contributed by atoms with Crippen molar-refractivity contribution in [2.24, 2.45) is 17.8 Å². The van der Waals surface area contributed by atoms with Gasteiger partial charge in [-0.25, -0.2) is 0 Å². The molecular weight excluding hydrogens is 444 g/mol. The second kappa shape index (κ2) is 8.30. The van der Waals surface area contributed by atoms with Crippen molar-refractivity contribution in [2.75, 3.05) is 7.11 Å². The molecule has 36 heavy (non-hydrogen) atoms. The van der Waals surface area contributed by atoms with E-state index in [9.17, 15) is 9.59 Å². The third-order valence-corrected chi connectivity index (χ3v) is 9.83. The number of hydrogen-bond acceptors (Lipinski definition) is 3. The van der Waals surface area contributed by atoms with Crippen molar-refractivity contribution in [3.05, 3.63) is 65.7 Å². The first-order valence-electron chi connectivity index (χ1n) is 13.8. The summed E-state index contributed by atoms with van der Waals surface area (Å²) in [4.78, 5) is 24.9. The lowest BCUT2D eigenvalue weighted by atomic mass is 9.48. The molecule has 0 radical (unpaired) electrons. The summed E-state index contributed by atoms with van der Waals surface area (Å²) in [6, 6.07) is 19.5. The van der Waals surface area contributed by atoms with Crippen LogP contribution >= 0.6 is 0 Å². The van der Waals surface area contributed by atoms with Gasteiger partial charge in [0.15, 0.2) is 0 Å². The third-order valence-electron chi connectivity index (χ3n) is 9.83. The van der Waals surface area contributed by atoms with Crippen molar-refractivity contribution in [3.63, 3.8) is 0 Å². The minimum absolute atomic E-state index is 0.0673. The Morgan fingerprint density at radius 2 is 1.31 bits per heavy atom. The number of carbonyl (C=O) groups is 2. The Bertz CT molecular complexity index is 1330. The molecule has 5 fully saturated rings. The molecule has 0 aliphatic heterocycles. The van der Waals surface area contributed by atoms with Gasteiger partial charge in [0, 0.05) is 18.4 Å². The molecule has 0 spiro atoms. The van der Waals surface area contributed by atoms with Crippen LogP contribution in [0.25, 0.3) is 21.9 Å². The SMILES string of the molecule is COc1ccc(-c2ccc3cc(C4C(=O)CCCC4=O)ccc3c2)cc1C12CC3CC(CC(C3)C1)C2. The Balaban J connectivity index is 1.25. The molecule has 3 heteroatoms. The Hall–Kier alpha value is -2.94. The largest absolute Gasteiger partial charge is 0.496 e. The van der Waals surface area contributed by atoms with Crippen LogP contribution in [0.1, 0.15) is 74.8 Å². The first-order chi connectivity index (χ1) is 17.5. The Labute approximate surface area is 213 Å². The van der Waals surface area contributed by atoms with E-state index in [2.05, 4.69) is 42.5 Å². The molecule has 0 heterocycles. The summed E-state index contributed by atoms with van der Waals surface area (Å²) in [5, 5.41) is 2.22. The molecule has 3 aromatic rings. The van der Waals surface area contributed by atoms with Crippen LogP contribution in [0.5, 0.6) is 5.75 Å². The van der Waals surface area contributed by atoms with Crippen LogP contribution < -0.4 is 4.74 Å². The van der Waals surface area contributed by atoms with Crippen LogP contribution in [0.3, 0.4) is 0 Å². The Morgan fingerprint density at radius 3 is 1.97 bits per heavy atom. The highest BCUT2D eigenvalue weighted by Crippen LogP contribution is 2.62. The molecule has 5 saturated carbocycles. The van der Waals surface area contributed by atoms with Crippen LogP contribution in [0.4, 0.5) is 0 Å². The maximum Gasteiger partial charge on any atom is 0.147 e. The molecule has 0 N–H and O–H groups in total. The summed E-state index contributed by atoms with van der Waals surface area (Å²) in [5.74, 6) is 3.28. The van der Waals surface area contributed by atoms with Crippen molar-refractivity contribution >= 4 is 22.3 Å². The van der Waals surface area contributed by atoms with Gasteiger partial charge in [-0.3, -0.25) is 9.59 Å². The maximum atomic E-state index is 12.5. The first kappa shape index (κ1) is 22.3. The number of ether oxygens (including phenoxy) is 1. The molecule has 0 saturated heterocycles. The van der Waals surface area contributed by atoms with E-state index >= 15 is 0 Å². The van der Waals surface area contributed by atoms with E-state index < -0.39 is 5.92 Å². The summed E-state index contributed by atoms with van der Waals surface area (Å²) >= 11 is 0. The zero-order valence-electron chi connectivity index (χ0n) is 21.1. The Kier molecular flexibility index (Phi) is 5.13. The molecule has 0 amide bonds. The minimum atomic E-state index is -0.577. The summed E-state index contributed by atoms with van der Waals surface area (Å²) in [6.45, 7) is 0. The number of ketones is 2. The van der Waals surface area contributed by atoms with Gasteiger partial charge in [-0.05, 0) is 120 Å². The quantitative estimate of drug-likeness (QED) is 0.367. The van der Waals surface area contributed by atoms with Gasteiger partial charge in [0.05, 0.1) is 7.11 Å². The van der Waals surface area contributed by atoms with E-state index in [1.165, 1.54) is 55.2 Å². The molecule has 5 aliphatic rings. The van der Waals surface area contributed by atoms with Crippen LogP contribution in [0, 0.1) is 17.8 Å². The van der Waals surface area contributed by atoms with Gasteiger partial charge in [0.1, 0.15) is 23.2 Å². The topological polar surface area (TPSA) is 43.4 Å². The number of methoxy groups -OCH3 is 1. The highest BCUT2D eigenvalue weighted by atomic mass is 16.5. The standard InChI is InChI=1S/C33H34O3/c1-36-31-10-9-26(16-28(31)33-17-20-11-21(18-33)13-22(12-20)19-33)24-5-6-25-15-27(8-7-23(25)14-24)32-29(34)3-2-4-30(32)35/h5-10,14-16,20-22,32H,2-4,11-13,17-19H2,1H3. The average molecular weight is 479 g/mol. The fourth-order valence-electron chi connectivity index (χ4n) is 8.64. The third kappa shape index (κ3) is 3.54. The number of Topliss-reactive ketones (excluding diaryl/α,β-unsaturated/α-hetero) is 2. The van der Waals surface area contributed by atoms with Gasteiger partial charge in [0.2, 0.25) is 0 Å². The van der Waals surface area contributed by atoms with Gasteiger partial charge in [-0.1, -0.05) is 30.3 Å². The summed E-state index contributed by atoms with van der Waals surface area (Å²) < 4.78 is 5.93. The first-order valence-corrected chi connectivity index (χ1v) is 13.8. The lowest BCUT2D eigenvalue weighted by Crippen LogP contribution is -2.48. The molecule has 0 aromatic heterocycles. The Morgan fingerprint density at radius 1 is 0.722 bits per heavy atom. The molecule has 184 valence electrons. The zero-order valence-corrected chi connectivity index (χ0v) is 21.1. The minimum Gasteiger partial charge on any atom is -0.496 e. The molecule has 0 unspecified atom stereocenters. The monoisotopic (exact) mass is 478 g/mol. The highest BCUT2D eigenvalue weighted by Gasteiger charge is 2.52.